The minimum atomic E-state index is 0.456. The van der Waals surface area contributed by atoms with Crippen LogP contribution in [0.3, 0.4) is 0 Å². The molecule has 84 valence electrons. The molecule has 1 nitrogen and oxygen atoms in total. The van der Waals surface area contributed by atoms with E-state index in [-0.39, 0.29) is 0 Å². The molecule has 0 aliphatic carbocycles. The van der Waals surface area contributed by atoms with Crippen LogP contribution in [0.25, 0.3) is 11.1 Å². The molecule has 0 heterocycles. The molecule has 0 amide bonds. The monoisotopic (exact) mass is 221 g/mol. The summed E-state index contributed by atoms with van der Waals surface area (Å²) in [7, 11) is 0. The number of nitrogens with zero attached hydrogens (tertiary/aromatic N) is 1. The van der Waals surface area contributed by atoms with Gasteiger partial charge >= 0.3 is 0 Å². The Labute approximate surface area is 102 Å². The van der Waals surface area contributed by atoms with Crippen molar-refractivity contribution in [3.8, 4) is 17.2 Å². The summed E-state index contributed by atoms with van der Waals surface area (Å²) in [6, 6.07) is 18.4. The zero-order valence-electron chi connectivity index (χ0n) is 10.1. The first kappa shape index (κ1) is 11.4. The van der Waals surface area contributed by atoms with Crippen LogP contribution in [0.5, 0.6) is 0 Å². The van der Waals surface area contributed by atoms with Crippen LogP contribution < -0.4 is 0 Å². The molecule has 0 aliphatic rings. The Morgan fingerprint density at radius 2 is 1.71 bits per heavy atom. The maximum atomic E-state index is 8.99. The first-order chi connectivity index (χ1) is 8.22. The number of rotatable bonds is 2. The fraction of sp³-hybridized carbons (Fsp3) is 0.188. The van der Waals surface area contributed by atoms with Crippen LogP contribution in [0.1, 0.15) is 30.9 Å². The molecule has 0 N–H and O–H groups in total. The predicted molar refractivity (Wildman–Crippen MR) is 70.7 cm³/mol. The van der Waals surface area contributed by atoms with Crippen molar-refractivity contribution in [3.05, 3.63) is 59.7 Å². The second kappa shape index (κ2) is 4.84. The number of hydrogen-bond donors (Lipinski definition) is 0. The summed E-state index contributed by atoms with van der Waals surface area (Å²) in [5.41, 5.74) is 4.34. The SMILES string of the molecule is CC(C)c1ccc(C#N)cc1-c1ccccc1. The lowest BCUT2D eigenvalue weighted by Crippen LogP contribution is -1.93. The Hall–Kier alpha value is -2.07. The van der Waals surface area contributed by atoms with Crippen molar-refractivity contribution in [1.82, 2.24) is 0 Å². The summed E-state index contributed by atoms with van der Waals surface area (Å²) in [5.74, 6) is 0.456. The Morgan fingerprint density at radius 3 is 2.29 bits per heavy atom. The third-order valence-corrected chi connectivity index (χ3v) is 2.89. The normalized spacial score (nSPS) is 10.2. The number of benzene rings is 2. The molecule has 0 radical (unpaired) electrons. The lowest BCUT2D eigenvalue weighted by molar-refractivity contribution is 0.869. The zero-order chi connectivity index (χ0) is 12.3. The molecule has 0 fully saturated rings. The zero-order valence-corrected chi connectivity index (χ0v) is 10.1. The first-order valence-electron chi connectivity index (χ1n) is 5.82. The second-order valence-electron chi connectivity index (χ2n) is 4.43. The molecule has 2 aromatic rings. The standard InChI is InChI=1S/C16H15N/c1-12(2)15-9-8-13(11-17)10-16(15)14-6-4-3-5-7-14/h3-10,12H,1-2H3. The molecule has 0 atom stereocenters. The van der Waals surface area contributed by atoms with Crippen LogP contribution in [-0.4, -0.2) is 0 Å². The Bertz CT molecular complexity index is 547. The molecule has 0 spiro atoms. The molecular formula is C16H15N. The summed E-state index contributed by atoms with van der Waals surface area (Å²) in [5, 5.41) is 8.99. The van der Waals surface area contributed by atoms with E-state index in [0.29, 0.717) is 11.5 Å². The molecular weight excluding hydrogens is 206 g/mol. The molecule has 0 aliphatic heterocycles. The molecule has 0 bridgehead atoms. The van der Waals surface area contributed by atoms with Crippen molar-refractivity contribution >= 4 is 0 Å². The summed E-state index contributed by atoms with van der Waals surface area (Å²) in [6.45, 7) is 4.35. The maximum Gasteiger partial charge on any atom is 0.0991 e. The largest absolute Gasteiger partial charge is 0.192 e. The Kier molecular flexibility index (Phi) is 3.25. The van der Waals surface area contributed by atoms with Crippen molar-refractivity contribution in [2.75, 3.05) is 0 Å². The summed E-state index contributed by atoms with van der Waals surface area (Å²) < 4.78 is 0. The van der Waals surface area contributed by atoms with E-state index >= 15 is 0 Å². The van der Waals surface area contributed by atoms with Gasteiger partial charge in [-0.05, 0) is 34.7 Å². The summed E-state index contributed by atoms with van der Waals surface area (Å²) in [6.07, 6.45) is 0. The maximum absolute atomic E-state index is 8.99. The van der Waals surface area contributed by atoms with Gasteiger partial charge in [-0.2, -0.15) is 5.26 Å². The van der Waals surface area contributed by atoms with Crippen molar-refractivity contribution in [2.24, 2.45) is 0 Å². The topological polar surface area (TPSA) is 23.8 Å². The molecule has 17 heavy (non-hydrogen) atoms. The number of nitriles is 1. The Morgan fingerprint density at radius 1 is 1.00 bits per heavy atom. The average Bonchev–Trinajstić information content (AvgIpc) is 2.39. The van der Waals surface area contributed by atoms with Crippen molar-refractivity contribution in [3.63, 3.8) is 0 Å². The Balaban J connectivity index is 2.62. The van der Waals surface area contributed by atoms with Crippen LogP contribution in [0.2, 0.25) is 0 Å². The minimum absolute atomic E-state index is 0.456. The van der Waals surface area contributed by atoms with Gasteiger partial charge in [0.05, 0.1) is 11.6 Å². The van der Waals surface area contributed by atoms with Crippen LogP contribution in [-0.2, 0) is 0 Å². The van der Waals surface area contributed by atoms with Gasteiger partial charge in [0.2, 0.25) is 0 Å². The van der Waals surface area contributed by atoms with Gasteiger partial charge in [0.15, 0.2) is 0 Å². The van der Waals surface area contributed by atoms with E-state index in [2.05, 4.69) is 38.1 Å². The second-order valence-corrected chi connectivity index (χ2v) is 4.43. The lowest BCUT2D eigenvalue weighted by Gasteiger charge is -2.13. The molecule has 2 rings (SSSR count). The van der Waals surface area contributed by atoms with Gasteiger partial charge in [-0.25, -0.2) is 0 Å². The molecule has 2 aromatic carbocycles. The summed E-state index contributed by atoms with van der Waals surface area (Å²) >= 11 is 0. The van der Waals surface area contributed by atoms with Crippen molar-refractivity contribution in [2.45, 2.75) is 19.8 Å². The van der Waals surface area contributed by atoms with Gasteiger partial charge in [0, 0.05) is 0 Å². The van der Waals surface area contributed by atoms with E-state index in [4.69, 9.17) is 5.26 Å². The third-order valence-electron chi connectivity index (χ3n) is 2.89. The van der Waals surface area contributed by atoms with E-state index < -0.39 is 0 Å². The highest BCUT2D eigenvalue weighted by Gasteiger charge is 2.09. The van der Waals surface area contributed by atoms with E-state index in [1.54, 1.807) is 0 Å². The van der Waals surface area contributed by atoms with Gasteiger partial charge in [-0.3, -0.25) is 0 Å². The van der Waals surface area contributed by atoms with Gasteiger partial charge < -0.3 is 0 Å². The highest BCUT2D eigenvalue weighted by atomic mass is 14.2. The quantitative estimate of drug-likeness (QED) is 0.739. The van der Waals surface area contributed by atoms with E-state index in [9.17, 15) is 0 Å². The van der Waals surface area contributed by atoms with Crippen LogP contribution in [0.15, 0.2) is 48.5 Å². The fourth-order valence-electron chi connectivity index (χ4n) is 2.00. The fourth-order valence-corrected chi connectivity index (χ4v) is 2.00. The highest BCUT2D eigenvalue weighted by molar-refractivity contribution is 5.69. The molecule has 0 saturated heterocycles. The van der Waals surface area contributed by atoms with Crippen molar-refractivity contribution in [1.29, 1.82) is 5.26 Å². The van der Waals surface area contributed by atoms with Gasteiger partial charge in [0.25, 0.3) is 0 Å². The van der Waals surface area contributed by atoms with Crippen molar-refractivity contribution < 1.29 is 0 Å². The molecule has 0 unspecified atom stereocenters. The van der Waals surface area contributed by atoms with E-state index in [1.807, 2.05) is 30.3 Å². The van der Waals surface area contributed by atoms with Crippen LogP contribution >= 0.6 is 0 Å². The first-order valence-corrected chi connectivity index (χ1v) is 5.82. The molecule has 1 heteroatoms. The van der Waals surface area contributed by atoms with Crippen LogP contribution in [0.4, 0.5) is 0 Å². The molecule has 0 aromatic heterocycles. The molecule has 0 saturated carbocycles. The van der Waals surface area contributed by atoms with Gasteiger partial charge in [-0.1, -0.05) is 50.2 Å². The summed E-state index contributed by atoms with van der Waals surface area (Å²) in [4.78, 5) is 0. The lowest BCUT2D eigenvalue weighted by atomic mass is 9.91. The smallest absolute Gasteiger partial charge is 0.0991 e. The average molecular weight is 221 g/mol. The van der Waals surface area contributed by atoms with Gasteiger partial charge in [-0.15, -0.1) is 0 Å². The van der Waals surface area contributed by atoms with Gasteiger partial charge in [0.1, 0.15) is 0 Å². The predicted octanol–water partition coefficient (Wildman–Crippen LogP) is 4.35. The minimum Gasteiger partial charge on any atom is -0.192 e. The number of hydrogen-bond acceptors (Lipinski definition) is 1. The van der Waals surface area contributed by atoms with Crippen LogP contribution in [0, 0.1) is 11.3 Å². The van der Waals surface area contributed by atoms with E-state index in [1.165, 1.54) is 16.7 Å². The highest BCUT2D eigenvalue weighted by Crippen LogP contribution is 2.29. The third kappa shape index (κ3) is 2.37. The van der Waals surface area contributed by atoms with E-state index in [0.717, 1.165) is 0 Å².